The van der Waals surface area contributed by atoms with E-state index < -0.39 is 89.1 Å². The fourth-order valence-electron chi connectivity index (χ4n) is 5.55. The number of carbonyl (C=O) groups is 1. The molecule has 10 atom stereocenters. The zero-order valence-electron chi connectivity index (χ0n) is 26.1. The second-order valence-electron chi connectivity index (χ2n) is 11.0. The summed E-state index contributed by atoms with van der Waals surface area (Å²) in [5, 5.41) is 11.4. The first-order valence-electron chi connectivity index (χ1n) is 14.9. The summed E-state index contributed by atoms with van der Waals surface area (Å²) in [5.41, 5.74) is 12.3. The molecule has 10 unspecified atom stereocenters. The minimum absolute atomic E-state index is 0.000323. The molecule has 7 heterocycles. The van der Waals surface area contributed by atoms with Crippen molar-refractivity contribution in [3.8, 4) is 0 Å². The van der Waals surface area contributed by atoms with E-state index in [2.05, 4.69) is 29.9 Å². The first-order chi connectivity index (χ1) is 24.4. The van der Waals surface area contributed by atoms with Gasteiger partial charge in [0.05, 0.1) is 32.5 Å². The maximum Gasteiger partial charge on any atom is 0.509 e. The average Bonchev–Trinajstić information content (AvgIpc) is 3.85. The second-order valence-corrected chi connectivity index (χ2v) is 16.3. The normalized spacial score (nSPS) is 34.4. The molecule has 23 nitrogen and oxygen atoms in total. The number of aliphatic hydroxyl groups excluding tert-OH is 1. The fourth-order valence-corrected chi connectivity index (χ4v) is 9.27. The number of nitrogen functional groups attached to an aromatic ring is 2. The highest BCUT2D eigenvalue weighted by molar-refractivity contribution is 8.55. The van der Waals surface area contributed by atoms with Gasteiger partial charge in [-0.1, -0.05) is 0 Å². The van der Waals surface area contributed by atoms with E-state index in [1.165, 1.54) is 21.8 Å². The van der Waals surface area contributed by atoms with Crippen molar-refractivity contribution in [3.05, 3.63) is 25.3 Å². The van der Waals surface area contributed by atoms with Crippen LogP contribution in [0.15, 0.2) is 25.3 Å². The number of halogens is 1. The Labute approximate surface area is 288 Å². The molecule has 4 aromatic heterocycles. The predicted molar refractivity (Wildman–Crippen MR) is 168 cm³/mol. The number of imidazole rings is 2. The largest absolute Gasteiger partial charge is 0.509 e. The van der Waals surface area contributed by atoms with E-state index in [4.69, 9.17) is 48.5 Å². The third kappa shape index (κ3) is 6.99. The summed E-state index contributed by atoms with van der Waals surface area (Å²) in [7, 11) is -5.15. The smallest absolute Gasteiger partial charge is 0.435 e. The van der Waals surface area contributed by atoms with Crippen molar-refractivity contribution in [3.63, 3.8) is 0 Å². The predicted octanol–water partition coefficient (Wildman–Crippen LogP) is 1.21. The molecule has 3 fully saturated rings. The number of ether oxygens (including phenoxy) is 4. The van der Waals surface area contributed by atoms with Crippen molar-refractivity contribution in [2.45, 2.75) is 56.1 Å². The fraction of sp³-hybridized carbons (Fsp3) is 0.542. The van der Waals surface area contributed by atoms with E-state index in [1.807, 2.05) is 0 Å². The molecule has 4 aromatic rings. The number of aliphatic hydroxyl groups is 1. The minimum Gasteiger partial charge on any atom is -0.435 e. The van der Waals surface area contributed by atoms with Crippen LogP contribution in [0.4, 0.5) is 20.8 Å². The van der Waals surface area contributed by atoms with E-state index in [1.54, 1.807) is 6.92 Å². The Morgan fingerprint density at radius 2 is 1.53 bits per heavy atom. The number of nitrogens with zero attached hydrogens (tertiary/aromatic N) is 8. The topological polar surface area (TPSA) is 305 Å². The molecule has 0 aromatic carbocycles. The number of fused-ring (bicyclic) bond motifs is 5. The van der Waals surface area contributed by atoms with Crippen molar-refractivity contribution in [2.75, 3.05) is 37.2 Å². The quantitative estimate of drug-likeness (QED) is 0.121. The molecule has 3 aliphatic rings. The number of rotatable bonds is 6. The van der Waals surface area contributed by atoms with Crippen LogP contribution in [0.2, 0.25) is 0 Å². The summed E-state index contributed by atoms with van der Waals surface area (Å²) < 4.78 is 90.1. The van der Waals surface area contributed by atoms with Gasteiger partial charge in [-0.25, -0.2) is 48.2 Å². The van der Waals surface area contributed by atoms with Crippen LogP contribution in [0.1, 0.15) is 19.4 Å². The number of nitrogens with two attached hydrogens (primary N) is 2. The molecule has 276 valence electrons. The van der Waals surface area contributed by atoms with Crippen molar-refractivity contribution >= 4 is 66.1 Å². The number of carbonyl (C=O) groups excluding carboxylic acids is 1. The summed E-state index contributed by atoms with van der Waals surface area (Å²) in [6.45, 7) is -4.68. The molecule has 0 aliphatic carbocycles. The number of alkyl halides is 1. The van der Waals surface area contributed by atoms with Gasteiger partial charge in [0.15, 0.2) is 47.5 Å². The summed E-state index contributed by atoms with van der Waals surface area (Å²) in [4.78, 5) is 46.9. The average molecular weight is 779 g/mol. The van der Waals surface area contributed by atoms with Gasteiger partial charge in [0.1, 0.15) is 54.2 Å². The number of aromatic nitrogens is 8. The maximum absolute atomic E-state index is 16.2. The van der Waals surface area contributed by atoms with E-state index in [9.17, 15) is 23.9 Å². The number of phosphoric acid groups is 1. The maximum atomic E-state index is 16.2. The molecule has 3 saturated heterocycles. The Balaban J connectivity index is 1.23. The van der Waals surface area contributed by atoms with Crippen LogP contribution in [0.3, 0.4) is 0 Å². The lowest BCUT2D eigenvalue weighted by Crippen LogP contribution is -2.35. The third-order valence-corrected chi connectivity index (χ3v) is 12.2. The monoisotopic (exact) mass is 778 g/mol. The molecular formula is C24H29FN10O13P2S. The van der Waals surface area contributed by atoms with Gasteiger partial charge in [-0.05, 0) is 6.92 Å². The van der Waals surface area contributed by atoms with E-state index in [-0.39, 0.29) is 40.6 Å². The lowest BCUT2D eigenvalue weighted by atomic mass is 10.1. The first-order valence-corrected chi connectivity index (χ1v) is 19.5. The van der Waals surface area contributed by atoms with Crippen molar-refractivity contribution in [1.82, 2.24) is 39.0 Å². The van der Waals surface area contributed by atoms with Crippen molar-refractivity contribution < 1.29 is 65.4 Å². The summed E-state index contributed by atoms with van der Waals surface area (Å²) >= 11 is 0.371. The minimum atomic E-state index is -5.15. The van der Waals surface area contributed by atoms with E-state index >= 15 is 4.39 Å². The lowest BCUT2D eigenvalue weighted by Gasteiger charge is -2.27. The van der Waals surface area contributed by atoms with Gasteiger partial charge in [-0.15, -0.1) is 0 Å². The summed E-state index contributed by atoms with van der Waals surface area (Å²) in [5.74, 6) is -0.617. The number of hydrogen-bond donors (Lipinski definition) is 4. The molecule has 27 heteroatoms. The van der Waals surface area contributed by atoms with Gasteiger partial charge in [0, 0.05) is 11.4 Å². The second kappa shape index (κ2) is 14.1. The molecule has 0 amide bonds. The Hall–Kier alpha value is -3.61. The number of phosphoric ester groups is 1. The van der Waals surface area contributed by atoms with Crippen molar-refractivity contribution in [2.24, 2.45) is 0 Å². The third-order valence-electron chi connectivity index (χ3n) is 7.86. The Kier molecular flexibility index (Phi) is 9.88. The van der Waals surface area contributed by atoms with Crippen LogP contribution in [0, 0.1) is 0 Å². The zero-order valence-corrected chi connectivity index (χ0v) is 28.7. The lowest BCUT2D eigenvalue weighted by molar-refractivity contribution is -0.0619. The van der Waals surface area contributed by atoms with Crippen molar-refractivity contribution in [1.29, 1.82) is 0 Å². The number of anilines is 2. The number of hydrogen-bond acceptors (Lipinski definition) is 21. The van der Waals surface area contributed by atoms with Gasteiger partial charge >= 0.3 is 20.8 Å². The molecule has 6 N–H and O–H groups in total. The van der Waals surface area contributed by atoms with Crippen LogP contribution in [0.5, 0.6) is 0 Å². The van der Waals surface area contributed by atoms with Gasteiger partial charge in [0.2, 0.25) is 0 Å². The van der Waals surface area contributed by atoms with Crippen LogP contribution in [-0.2, 0) is 46.2 Å². The molecule has 7 rings (SSSR count). The van der Waals surface area contributed by atoms with Gasteiger partial charge in [-0.2, -0.15) is 0 Å². The van der Waals surface area contributed by atoms with Gasteiger partial charge < -0.3 is 40.4 Å². The molecule has 0 radical (unpaired) electrons. The van der Waals surface area contributed by atoms with Crippen LogP contribution >= 0.6 is 26.0 Å². The van der Waals surface area contributed by atoms with Crippen LogP contribution in [0.25, 0.3) is 22.3 Å². The highest BCUT2D eigenvalue weighted by Crippen LogP contribution is 2.64. The van der Waals surface area contributed by atoms with E-state index in [0.717, 1.165) is 12.7 Å². The standard InChI is InChI=1S/C24H29FN10O13P2S/c1-2-41-24(37)42-9-51-50(40)44-4-11-16(12(25)22(46-11)34-7-32-13-18(26)28-5-30-20(13)34)47-49(38,39)43-3-10-15(36)17(48-50)23(45-10)35-8-33-14-19(27)29-6-31-21(14)35/h5-8,10-12,15-17,22-23,36H,2-4,9H2,1H3,(H,38,39)(H2,26,28,30)(H2,27,29,31). The first kappa shape index (κ1) is 35.8. The highest BCUT2D eigenvalue weighted by Gasteiger charge is 2.54. The summed E-state index contributed by atoms with van der Waals surface area (Å²) in [6, 6.07) is 0. The SMILES string of the molecule is CCOC(=O)OCSP1(=O)OCC2OC(n3cnc4c(N)ncnc43)C(F)C2OP(=O)(O)OCC2OC(n3cnc4c(N)ncnc43)C(O1)C2O. The van der Waals surface area contributed by atoms with Crippen LogP contribution in [-0.4, -0.2) is 118 Å². The Morgan fingerprint density at radius 1 is 0.922 bits per heavy atom. The highest BCUT2D eigenvalue weighted by atomic mass is 32.7. The van der Waals surface area contributed by atoms with Gasteiger partial charge in [-0.3, -0.25) is 27.2 Å². The molecular weight excluding hydrogens is 749 g/mol. The Morgan fingerprint density at radius 3 is 2.18 bits per heavy atom. The Bertz CT molecular complexity index is 2030. The molecule has 51 heavy (non-hydrogen) atoms. The van der Waals surface area contributed by atoms with Gasteiger partial charge in [0.25, 0.3) is 0 Å². The molecule has 3 aliphatic heterocycles. The molecule has 0 saturated carbocycles. The molecule has 2 bridgehead atoms. The summed E-state index contributed by atoms with van der Waals surface area (Å²) in [6.07, 6.45) is -9.73. The van der Waals surface area contributed by atoms with E-state index in [0.29, 0.717) is 11.4 Å². The zero-order chi connectivity index (χ0) is 36.1. The molecule has 0 spiro atoms. The van der Waals surface area contributed by atoms with Crippen LogP contribution < -0.4 is 11.5 Å².